The van der Waals surface area contributed by atoms with E-state index in [1.54, 1.807) is 0 Å². The van der Waals surface area contributed by atoms with Crippen LogP contribution < -0.4 is 0 Å². The first-order valence-electron chi connectivity index (χ1n) is 5.49. The Hall–Kier alpha value is -0.610. The van der Waals surface area contributed by atoms with Gasteiger partial charge in [0, 0.05) is 6.54 Å². The van der Waals surface area contributed by atoms with Gasteiger partial charge in [0.2, 0.25) is 0 Å². The molecular formula is C11H21NO3. The van der Waals surface area contributed by atoms with Gasteiger partial charge in [0.05, 0.1) is 12.6 Å². The average molecular weight is 215 g/mol. The highest BCUT2D eigenvalue weighted by atomic mass is 16.6. The fourth-order valence-electron chi connectivity index (χ4n) is 1.73. The van der Waals surface area contributed by atoms with Crippen LogP contribution in [0, 0.1) is 0 Å². The highest BCUT2D eigenvalue weighted by molar-refractivity contribution is 5.72. The van der Waals surface area contributed by atoms with Crippen LogP contribution in [0.3, 0.4) is 0 Å². The maximum Gasteiger partial charge on any atom is 0.320 e. The van der Waals surface area contributed by atoms with E-state index in [1.807, 2.05) is 25.7 Å². The number of piperidine rings is 1. The van der Waals surface area contributed by atoms with Crippen LogP contribution >= 0.6 is 0 Å². The predicted molar refractivity (Wildman–Crippen MR) is 57.5 cm³/mol. The number of aliphatic hydroxyl groups is 1. The normalized spacial score (nSPS) is 23.9. The van der Waals surface area contributed by atoms with Crippen LogP contribution in [-0.2, 0) is 9.53 Å². The molecule has 4 heteroatoms. The molecule has 15 heavy (non-hydrogen) atoms. The summed E-state index contributed by atoms with van der Waals surface area (Å²) in [5, 5.41) is 9.43. The summed E-state index contributed by atoms with van der Waals surface area (Å²) in [6.45, 7) is 7.31. The van der Waals surface area contributed by atoms with Crippen molar-refractivity contribution in [1.82, 2.24) is 4.90 Å². The molecule has 1 saturated heterocycles. The van der Waals surface area contributed by atoms with Crippen molar-refractivity contribution in [3.05, 3.63) is 0 Å². The van der Waals surface area contributed by atoms with Crippen molar-refractivity contribution >= 4 is 5.97 Å². The topological polar surface area (TPSA) is 49.8 Å². The third-order valence-corrected chi connectivity index (χ3v) is 2.25. The van der Waals surface area contributed by atoms with Gasteiger partial charge < -0.3 is 9.84 Å². The highest BCUT2D eigenvalue weighted by Crippen LogP contribution is 2.11. The number of ether oxygens (including phenoxy) is 1. The Bertz CT molecular complexity index is 222. The lowest BCUT2D eigenvalue weighted by molar-refractivity contribution is -0.156. The summed E-state index contributed by atoms with van der Waals surface area (Å²) in [6.07, 6.45) is 1.50. The van der Waals surface area contributed by atoms with E-state index < -0.39 is 5.60 Å². The summed E-state index contributed by atoms with van der Waals surface area (Å²) in [5.74, 6) is -0.211. The summed E-state index contributed by atoms with van der Waals surface area (Å²) in [4.78, 5) is 13.4. The zero-order chi connectivity index (χ0) is 11.5. The van der Waals surface area contributed by atoms with Gasteiger partial charge in [-0.3, -0.25) is 9.69 Å². The second-order valence-electron chi connectivity index (χ2n) is 5.12. The molecule has 0 radical (unpaired) electrons. The van der Waals surface area contributed by atoms with Crippen molar-refractivity contribution in [3.8, 4) is 0 Å². The minimum Gasteiger partial charge on any atom is -0.459 e. The van der Waals surface area contributed by atoms with E-state index in [0.717, 1.165) is 19.4 Å². The number of hydrogen-bond donors (Lipinski definition) is 1. The van der Waals surface area contributed by atoms with Crippen LogP contribution in [0.5, 0.6) is 0 Å². The number of carbonyl (C=O) groups is 1. The quantitative estimate of drug-likeness (QED) is 0.692. The van der Waals surface area contributed by atoms with E-state index in [4.69, 9.17) is 4.74 Å². The van der Waals surface area contributed by atoms with Crippen molar-refractivity contribution in [2.45, 2.75) is 45.3 Å². The maximum atomic E-state index is 11.5. The third-order valence-electron chi connectivity index (χ3n) is 2.25. The lowest BCUT2D eigenvalue weighted by Gasteiger charge is -2.30. The lowest BCUT2D eigenvalue weighted by atomic mass is 10.1. The highest BCUT2D eigenvalue weighted by Gasteiger charge is 2.22. The Morgan fingerprint density at radius 1 is 1.53 bits per heavy atom. The molecule has 0 saturated carbocycles. The molecule has 4 nitrogen and oxygen atoms in total. The summed E-state index contributed by atoms with van der Waals surface area (Å²) in [7, 11) is 0. The maximum absolute atomic E-state index is 11.5. The minimum absolute atomic E-state index is 0.211. The van der Waals surface area contributed by atoms with Gasteiger partial charge in [0.25, 0.3) is 0 Å². The van der Waals surface area contributed by atoms with E-state index >= 15 is 0 Å². The van der Waals surface area contributed by atoms with Crippen molar-refractivity contribution in [2.24, 2.45) is 0 Å². The van der Waals surface area contributed by atoms with Crippen LogP contribution in [-0.4, -0.2) is 47.3 Å². The smallest absolute Gasteiger partial charge is 0.320 e. The van der Waals surface area contributed by atoms with Gasteiger partial charge in [-0.15, -0.1) is 0 Å². The van der Waals surface area contributed by atoms with Crippen LogP contribution in [0.15, 0.2) is 0 Å². The second-order valence-corrected chi connectivity index (χ2v) is 5.12. The standard InChI is InChI=1S/C11H21NO3/c1-11(2,3)15-10(14)8-12-6-4-5-9(13)7-12/h9,13H,4-8H2,1-3H3. The van der Waals surface area contributed by atoms with Crippen LogP contribution in [0.4, 0.5) is 0 Å². The zero-order valence-corrected chi connectivity index (χ0v) is 9.82. The van der Waals surface area contributed by atoms with Crippen LogP contribution in [0.1, 0.15) is 33.6 Å². The van der Waals surface area contributed by atoms with Crippen molar-refractivity contribution in [1.29, 1.82) is 0 Å². The molecule has 0 aromatic heterocycles. The van der Waals surface area contributed by atoms with Gasteiger partial charge in [0.15, 0.2) is 0 Å². The van der Waals surface area contributed by atoms with E-state index in [-0.39, 0.29) is 18.6 Å². The van der Waals surface area contributed by atoms with Gasteiger partial charge >= 0.3 is 5.97 Å². The number of hydrogen-bond acceptors (Lipinski definition) is 4. The number of likely N-dealkylation sites (tertiary alicyclic amines) is 1. The summed E-state index contributed by atoms with van der Waals surface area (Å²) >= 11 is 0. The Labute approximate surface area is 91.2 Å². The Morgan fingerprint density at radius 3 is 2.73 bits per heavy atom. The number of rotatable bonds is 2. The zero-order valence-electron chi connectivity index (χ0n) is 9.82. The number of carbonyl (C=O) groups excluding carboxylic acids is 1. The van der Waals surface area contributed by atoms with Crippen LogP contribution in [0.25, 0.3) is 0 Å². The number of esters is 1. The van der Waals surface area contributed by atoms with Crippen molar-refractivity contribution < 1.29 is 14.6 Å². The molecule has 88 valence electrons. The largest absolute Gasteiger partial charge is 0.459 e. The van der Waals surface area contributed by atoms with E-state index in [1.165, 1.54) is 0 Å². The molecule has 1 rings (SSSR count). The molecule has 0 aromatic carbocycles. The Balaban J connectivity index is 2.31. The molecule has 0 amide bonds. The SMILES string of the molecule is CC(C)(C)OC(=O)CN1CCCC(O)C1. The van der Waals surface area contributed by atoms with E-state index in [9.17, 15) is 9.90 Å². The van der Waals surface area contributed by atoms with E-state index in [0.29, 0.717) is 6.54 Å². The lowest BCUT2D eigenvalue weighted by Crippen LogP contribution is -2.42. The van der Waals surface area contributed by atoms with Crippen LogP contribution in [0.2, 0.25) is 0 Å². The third kappa shape index (κ3) is 5.14. The summed E-state index contributed by atoms with van der Waals surface area (Å²) in [6, 6.07) is 0. The Kier molecular flexibility index (Phi) is 4.11. The first-order valence-corrected chi connectivity index (χ1v) is 5.49. The molecule has 0 aliphatic carbocycles. The Morgan fingerprint density at radius 2 is 2.20 bits per heavy atom. The van der Waals surface area contributed by atoms with Gasteiger partial charge in [0.1, 0.15) is 5.60 Å². The number of aliphatic hydroxyl groups excluding tert-OH is 1. The van der Waals surface area contributed by atoms with Crippen molar-refractivity contribution in [3.63, 3.8) is 0 Å². The van der Waals surface area contributed by atoms with Crippen molar-refractivity contribution in [2.75, 3.05) is 19.6 Å². The molecule has 1 aliphatic rings. The van der Waals surface area contributed by atoms with Gasteiger partial charge in [-0.1, -0.05) is 0 Å². The monoisotopic (exact) mass is 215 g/mol. The molecule has 0 aromatic rings. The fraction of sp³-hybridized carbons (Fsp3) is 0.909. The molecule has 1 heterocycles. The average Bonchev–Trinajstić information content (AvgIpc) is 1.99. The molecule has 1 N–H and O–H groups in total. The number of β-amino-alcohol motifs (C(OH)–C–C–N with tert-alkyl or cyclic N) is 1. The molecule has 1 aliphatic heterocycles. The fourth-order valence-corrected chi connectivity index (χ4v) is 1.73. The summed E-state index contributed by atoms with van der Waals surface area (Å²) in [5.41, 5.74) is -0.425. The molecule has 1 unspecified atom stereocenters. The first kappa shape index (κ1) is 12.5. The van der Waals surface area contributed by atoms with Gasteiger partial charge in [-0.05, 0) is 40.2 Å². The predicted octanol–water partition coefficient (Wildman–Crippen LogP) is 0.785. The molecule has 0 spiro atoms. The molecular weight excluding hydrogens is 194 g/mol. The number of nitrogens with zero attached hydrogens (tertiary/aromatic N) is 1. The first-order chi connectivity index (χ1) is 6.87. The molecule has 1 atom stereocenters. The van der Waals surface area contributed by atoms with Gasteiger partial charge in [-0.2, -0.15) is 0 Å². The minimum atomic E-state index is -0.425. The summed E-state index contributed by atoms with van der Waals surface area (Å²) < 4.78 is 5.21. The van der Waals surface area contributed by atoms with E-state index in [2.05, 4.69) is 0 Å². The van der Waals surface area contributed by atoms with Gasteiger partial charge in [-0.25, -0.2) is 0 Å². The second kappa shape index (κ2) is 4.94. The molecule has 0 bridgehead atoms. The molecule has 1 fully saturated rings.